The Morgan fingerprint density at radius 1 is 1.73 bits per heavy atom. The van der Waals surface area contributed by atoms with Crippen molar-refractivity contribution in [3.63, 3.8) is 0 Å². The average molecular weight is 234 g/mol. The zero-order chi connectivity index (χ0) is 10.6. The highest BCUT2D eigenvalue weighted by Crippen LogP contribution is 2.05. The van der Waals surface area contributed by atoms with Crippen molar-refractivity contribution in [3.05, 3.63) is 17.5 Å². The molecule has 6 heteroatoms. The van der Waals surface area contributed by atoms with Gasteiger partial charge < -0.3 is 10.5 Å². The number of ether oxygens (including phenoxy) is 1. The van der Waals surface area contributed by atoms with Crippen LogP contribution in [0.1, 0.15) is 18.2 Å². The molecule has 0 aromatic carbocycles. The van der Waals surface area contributed by atoms with Crippen molar-refractivity contribution in [3.8, 4) is 0 Å². The van der Waals surface area contributed by atoms with Gasteiger partial charge in [-0.1, -0.05) is 0 Å². The zero-order valence-corrected chi connectivity index (χ0v) is 9.63. The number of H-pyrrole nitrogens is 1. The van der Waals surface area contributed by atoms with Crippen LogP contribution in [0.2, 0.25) is 0 Å². The number of carbonyl (C=O) groups is 1. The van der Waals surface area contributed by atoms with Gasteiger partial charge in [0, 0.05) is 12.1 Å². The molecule has 0 aliphatic carbocycles. The van der Waals surface area contributed by atoms with Crippen molar-refractivity contribution >= 4 is 18.4 Å². The van der Waals surface area contributed by atoms with Crippen LogP contribution in [-0.2, 0) is 16.0 Å². The maximum absolute atomic E-state index is 11.2. The van der Waals surface area contributed by atoms with E-state index in [0.717, 1.165) is 11.3 Å². The number of nitrogens with zero attached hydrogens (tertiary/aromatic N) is 1. The van der Waals surface area contributed by atoms with Crippen LogP contribution in [0.4, 0.5) is 0 Å². The molecule has 0 bridgehead atoms. The summed E-state index contributed by atoms with van der Waals surface area (Å²) in [5.74, 6) is -0.367. The number of hydrogen-bond acceptors (Lipinski definition) is 4. The van der Waals surface area contributed by atoms with Gasteiger partial charge in [-0.2, -0.15) is 5.10 Å². The summed E-state index contributed by atoms with van der Waals surface area (Å²) in [4.78, 5) is 11.2. The number of esters is 1. The normalized spacial score (nSPS) is 11.7. The minimum absolute atomic E-state index is 0. The van der Waals surface area contributed by atoms with E-state index in [1.807, 2.05) is 6.92 Å². The first kappa shape index (κ1) is 13.9. The standard InChI is InChI=1S/C9H15N3O2.ClH/c1-3-14-9(13)8(10)4-7-5-11-12-6(7)2;/h5,8H,3-4,10H2,1-2H3,(H,11,12);1H. The van der Waals surface area contributed by atoms with Gasteiger partial charge in [0.05, 0.1) is 12.8 Å². The van der Waals surface area contributed by atoms with Crippen LogP contribution < -0.4 is 5.73 Å². The van der Waals surface area contributed by atoms with Crippen LogP contribution >= 0.6 is 12.4 Å². The molecule has 1 heterocycles. The minimum Gasteiger partial charge on any atom is -0.465 e. The molecule has 1 aromatic heterocycles. The highest BCUT2D eigenvalue weighted by molar-refractivity contribution is 5.85. The van der Waals surface area contributed by atoms with Crippen molar-refractivity contribution in [1.29, 1.82) is 0 Å². The van der Waals surface area contributed by atoms with Gasteiger partial charge in [0.25, 0.3) is 0 Å². The lowest BCUT2D eigenvalue weighted by Crippen LogP contribution is -2.34. The Bertz CT molecular complexity index is 314. The van der Waals surface area contributed by atoms with Crippen molar-refractivity contribution in [2.24, 2.45) is 5.73 Å². The molecule has 0 saturated heterocycles. The van der Waals surface area contributed by atoms with Crippen LogP contribution in [0, 0.1) is 6.92 Å². The smallest absolute Gasteiger partial charge is 0.323 e. The Balaban J connectivity index is 0.00000196. The molecule has 15 heavy (non-hydrogen) atoms. The van der Waals surface area contributed by atoms with E-state index in [9.17, 15) is 4.79 Å². The minimum atomic E-state index is -0.605. The van der Waals surface area contributed by atoms with E-state index < -0.39 is 6.04 Å². The van der Waals surface area contributed by atoms with Crippen molar-refractivity contribution in [2.45, 2.75) is 26.3 Å². The van der Waals surface area contributed by atoms with Crippen molar-refractivity contribution in [1.82, 2.24) is 10.2 Å². The lowest BCUT2D eigenvalue weighted by Gasteiger charge is -2.09. The lowest BCUT2D eigenvalue weighted by atomic mass is 10.1. The number of aromatic nitrogens is 2. The van der Waals surface area contributed by atoms with Gasteiger partial charge in [-0.15, -0.1) is 12.4 Å². The first-order valence-electron chi connectivity index (χ1n) is 4.56. The fraction of sp³-hybridized carbons (Fsp3) is 0.556. The molecule has 0 amide bonds. The molecular weight excluding hydrogens is 218 g/mol. The van der Waals surface area contributed by atoms with Gasteiger partial charge in [0.1, 0.15) is 6.04 Å². The van der Waals surface area contributed by atoms with E-state index in [-0.39, 0.29) is 18.4 Å². The Kier molecular flexibility index (Phi) is 5.96. The Morgan fingerprint density at radius 2 is 2.40 bits per heavy atom. The third kappa shape index (κ3) is 3.89. The van der Waals surface area contributed by atoms with Crippen molar-refractivity contribution < 1.29 is 9.53 Å². The van der Waals surface area contributed by atoms with E-state index in [0.29, 0.717) is 13.0 Å². The van der Waals surface area contributed by atoms with Crippen LogP contribution in [0.15, 0.2) is 6.20 Å². The molecule has 5 nitrogen and oxygen atoms in total. The average Bonchev–Trinajstić information content (AvgIpc) is 2.52. The number of nitrogens with one attached hydrogen (secondary N) is 1. The highest BCUT2D eigenvalue weighted by atomic mass is 35.5. The number of hydrogen-bond donors (Lipinski definition) is 2. The highest BCUT2D eigenvalue weighted by Gasteiger charge is 2.16. The monoisotopic (exact) mass is 233 g/mol. The topological polar surface area (TPSA) is 81.0 Å². The Morgan fingerprint density at radius 3 is 2.87 bits per heavy atom. The second-order valence-electron chi connectivity index (χ2n) is 3.08. The number of carbonyl (C=O) groups excluding carboxylic acids is 1. The summed E-state index contributed by atoms with van der Waals surface area (Å²) < 4.78 is 4.80. The molecule has 86 valence electrons. The second-order valence-corrected chi connectivity index (χ2v) is 3.08. The first-order valence-corrected chi connectivity index (χ1v) is 4.56. The van der Waals surface area contributed by atoms with Crippen molar-refractivity contribution in [2.75, 3.05) is 6.61 Å². The summed E-state index contributed by atoms with van der Waals surface area (Å²) in [6.45, 7) is 4.00. The molecule has 0 spiro atoms. The quantitative estimate of drug-likeness (QED) is 0.746. The van der Waals surface area contributed by atoms with Gasteiger partial charge in [0.15, 0.2) is 0 Å². The molecular formula is C9H16ClN3O2. The summed E-state index contributed by atoms with van der Waals surface area (Å²) in [6, 6.07) is -0.605. The summed E-state index contributed by atoms with van der Waals surface area (Å²) in [5, 5.41) is 6.63. The summed E-state index contributed by atoms with van der Waals surface area (Å²) >= 11 is 0. The second kappa shape index (κ2) is 6.42. The molecule has 1 unspecified atom stereocenters. The molecule has 0 fully saturated rings. The first-order chi connectivity index (χ1) is 6.65. The third-order valence-electron chi connectivity index (χ3n) is 1.96. The molecule has 0 saturated carbocycles. The maximum Gasteiger partial charge on any atom is 0.323 e. The van der Waals surface area contributed by atoms with Crippen LogP contribution in [0.3, 0.4) is 0 Å². The number of nitrogens with two attached hydrogens (primary N) is 1. The Hall–Kier alpha value is -1.07. The zero-order valence-electron chi connectivity index (χ0n) is 8.82. The van der Waals surface area contributed by atoms with E-state index in [2.05, 4.69) is 10.2 Å². The molecule has 1 aromatic rings. The fourth-order valence-electron chi connectivity index (χ4n) is 1.15. The lowest BCUT2D eigenvalue weighted by molar-refractivity contribution is -0.144. The van der Waals surface area contributed by atoms with E-state index >= 15 is 0 Å². The molecule has 0 aliphatic heterocycles. The molecule has 3 N–H and O–H groups in total. The molecule has 0 aliphatic rings. The summed E-state index contributed by atoms with van der Waals surface area (Å²) in [6.07, 6.45) is 2.13. The number of halogens is 1. The van der Waals surface area contributed by atoms with Gasteiger partial charge >= 0.3 is 5.97 Å². The van der Waals surface area contributed by atoms with E-state index in [4.69, 9.17) is 10.5 Å². The molecule has 0 radical (unpaired) electrons. The predicted octanol–water partition coefficient (Wildman–Crippen LogP) is 0.573. The number of rotatable bonds is 4. The third-order valence-corrected chi connectivity index (χ3v) is 1.96. The predicted molar refractivity (Wildman–Crippen MR) is 58.9 cm³/mol. The fourth-order valence-corrected chi connectivity index (χ4v) is 1.15. The largest absolute Gasteiger partial charge is 0.465 e. The van der Waals surface area contributed by atoms with E-state index in [1.165, 1.54) is 0 Å². The van der Waals surface area contributed by atoms with Gasteiger partial charge in [-0.3, -0.25) is 9.89 Å². The summed E-state index contributed by atoms with van der Waals surface area (Å²) in [5.41, 5.74) is 7.53. The molecule has 1 atom stereocenters. The molecule has 1 rings (SSSR count). The van der Waals surface area contributed by atoms with Crippen LogP contribution in [0.25, 0.3) is 0 Å². The van der Waals surface area contributed by atoms with Gasteiger partial charge in [-0.05, 0) is 19.4 Å². The van der Waals surface area contributed by atoms with Gasteiger partial charge in [0.2, 0.25) is 0 Å². The Labute approximate surface area is 94.8 Å². The maximum atomic E-state index is 11.2. The van der Waals surface area contributed by atoms with E-state index in [1.54, 1.807) is 13.1 Å². The van der Waals surface area contributed by atoms with Gasteiger partial charge in [-0.25, -0.2) is 0 Å². The summed E-state index contributed by atoms with van der Waals surface area (Å²) in [7, 11) is 0. The van der Waals surface area contributed by atoms with Crippen LogP contribution in [-0.4, -0.2) is 28.8 Å². The SMILES string of the molecule is CCOC(=O)C(N)Cc1cn[nH]c1C.Cl. The number of aryl methyl sites for hydroxylation is 1. The van der Waals surface area contributed by atoms with Crippen LogP contribution in [0.5, 0.6) is 0 Å². The number of aromatic amines is 1.